The SMILES string of the molecule is O=C1CCC(c2ccc(Cl)cc2)=NN1CC#CCF. The van der Waals surface area contributed by atoms with Gasteiger partial charge in [-0.15, -0.1) is 0 Å². The number of rotatable bonds is 2. The Bertz CT molecular complexity index is 557. The first-order valence-electron chi connectivity index (χ1n) is 5.86. The lowest BCUT2D eigenvalue weighted by Crippen LogP contribution is -2.32. The van der Waals surface area contributed by atoms with Crippen molar-refractivity contribution in [3.05, 3.63) is 34.9 Å². The maximum absolute atomic E-state index is 11.9. The number of benzene rings is 1. The third kappa shape index (κ3) is 3.55. The molecule has 2 rings (SSSR count). The molecular formula is C14H12ClFN2O. The maximum Gasteiger partial charge on any atom is 0.243 e. The van der Waals surface area contributed by atoms with Gasteiger partial charge in [0.25, 0.3) is 0 Å². The van der Waals surface area contributed by atoms with Gasteiger partial charge in [0.2, 0.25) is 5.91 Å². The van der Waals surface area contributed by atoms with Gasteiger partial charge in [-0.2, -0.15) is 5.10 Å². The molecule has 0 bridgehead atoms. The highest BCUT2D eigenvalue weighted by Crippen LogP contribution is 2.17. The monoisotopic (exact) mass is 278 g/mol. The molecule has 1 amide bonds. The van der Waals surface area contributed by atoms with Crippen molar-refractivity contribution in [1.82, 2.24) is 5.01 Å². The molecule has 98 valence electrons. The number of alkyl halides is 1. The Balaban J connectivity index is 2.18. The highest BCUT2D eigenvalue weighted by Gasteiger charge is 2.20. The highest BCUT2D eigenvalue weighted by atomic mass is 35.5. The smallest absolute Gasteiger partial charge is 0.243 e. The first kappa shape index (κ1) is 13.6. The van der Waals surface area contributed by atoms with E-state index in [9.17, 15) is 9.18 Å². The lowest BCUT2D eigenvalue weighted by Gasteiger charge is -2.21. The van der Waals surface area contributed by atoms with Crippen LogP contribution in [0.15, 0.2) is 29.4 Å². The summed E-state index contributed by atoms with van der Waals surface area (Å²) >= 11 is 5.83. The summed E-state index contributed by atoms with van der Waals surface area (Å²) in [6.45, 7) is -0.588. The minimum atomic E-state index is -0.713. The van der Waals surface area contributed by atoms with E-state index >= 15 is 0 Å². The second kappa shape index (κ2) is 6.35. The van der Waals surface area contributed by atoms with Crippen molar-refractivity contribution in [2.45, 2.75) is 12.8 Å². The van der Waals surface area contributed by atoms with Gasteiger partial charge < -0.3 is 0 Å². The van der Waals surface area contributed by atoms with Gasteiger partial charge in [0.1, 0.15) is 13.2 Å². The number of hydrogen-bond donors (Lipinski definition) is 0. The van der Waals surface area contributed by atoms with Crippen LogP contribution in [-0.4, -0.2) is 29.8 Å². The van der Waals surface area contributed by atoms with Crippen LogP contribution in [0.4, 0.5) is 4.39 Å². The van der Waals surface area contributed by atoms with E-state index in [-0.39, 0.29) is 12.5 Å². The Hall–Kier alpha value is -1.86. The molecule has 0 unspecified atom stereocenters. The molecule has 1 aliphatic rings. The number of halogens is 2. The summed E-state index contributed by atoms with van der Waals surface area (Å²) in [6.07, 6.45) is 0.978. The molecule has 1 heterocycles. The fraction of sp³-hybridized carbons (Fsp3) is 0.286. The van der Waals surface area contributed by atoms with Crippen LogP contribution in [0.1, 0.15) is 18.4 Å². The largest absolute Gasteiger partial charge is 0.273 e. The average Bonchev–Trinajstić information content (AvgIpc) is 2.42. The van der Waals surface area contributed by atoms with Gasteiger partial charge in [-0.25, -0.2) is 9.40 Å². The van der Waals surface area contributed by atoms with E-state index in [0.29, 0.717) is 17.9 Å². The summed E-state index contributed by atoms with van der Waals surface area (Å²) in [5.74, 6) is 4.76. The highest BCUT2D eigenvalue weighted by molar-refractivity contribution is 6.30. The molecule has 1 aliphatic heterocycles. The number of carbonyl (C=O) groups is 1. The normalized spacial score (nSPS) is 14.7. The predicted octanol–water partition coefficient (Wildman–Crippen LogP) is 2.64. The number of hydrogen-bond acceptors (Lipinski definition) is 2. The van der Waals surface area contributed by atoms with Crippen LogP contribution in [-0.2, 0) is 4.79 Å². The van der Waals surface area contributed by atoms with Crippen LogP contribution in [0, 0.1) is 11.8 Å². The zero-order valence-electron chi connectivity index (χ0n) is 10.2. The predicted molar refractivity (Wildman–Crippen MR) is 72.7 cm³/mol. The fourth-order valence-electron chi connectivity index (χ4n) is 1.75. The first-order valence-corrected chi connectivity index (χ1v) is 6.24. The van der Waals surface area contributed by atoms with Crippen LogP contribution >= 0.6 is 11.6 Å². The van der Waals surface area contributed by atoms with Gasteiger partial charge in [0.05, 0.1) is 5.71 Å². The number of hydrazone groups is 1. The van der Waals surface area contributed by atoms with Crippen molar-refractivity contribution in [3.63, 3.8) is 0 Å². The van der Waals surface area contributed by atoms with E-state index in [1.165, 1.54) is 5.01 Å². The summed E-state index contributed by atoms with van der Waals surface area (Å²) in [7, 11) is 0. The Morgan fingerprint density at radius 3 is 2.68 bits per heavy atom. The van der Waals surface area contributed by atoms with E-state index in [2.05, 4.69) is 16.9 Å². The summed E-state index contributed by atoms with van der Waals surface area (Å²) in [5, 5.41) is 6.21. The molecule has 1 aromatic carbocycles. The first-order chi connectivity index (χ1) is 9.20. The average molecular weight is 279 g/mol. The Kier molecular flexibility index (Phi) is 4.53. The summed E-state index contributed by atoms with van der Waals surface area (Å²) < 4.78 is 11.9. The standard InChI is InChI=1S/C14H12ClFN2O/c15-12-5-3-11(4-6-12)13-7-8-14(19)18(17-13)10-2-1-9-16/h3-6H,7-10H2. The minimum absolute atomic E-state index is 0.0918. The molecule has 0 spiro atoms. The molecule has 0 saturated heterocycles. The number of nitrogens with zero attached hydrogens (tertiary/aromatic N) is 2. The van der Waals surface area contributed by atoms with Crippen LogP contribution in [0.25, 0.3) is 0 Å². The number of amides is 1. The Morgan fingerprint density at radius 1 is 1.26 bits per heavy atom. The van der Waals surface area contributed by atoms with Crippen molar-refractivity contribution in [3.8, 4) is 11.8 Å². The van der Waals surface area contributed by atoms with E-state index in [1.54, 1.807) is 12.1 Å². The zero-order valence-corrected chi connectivity index (χ0v) is 11.0. The molecule has 0 aromatic heterocycles. The van der Waals surface area contributed by atoms with Gasteiger partial charge in [0.15, 0.2) is 0 Å². The second-order valence-corrected chi connectivity index (χ2v) is 4.43. The minimum Gasteiger partial charge on any atom is -0.273 e. The van der Waals surface area contributed by atoms with E-state index < -0.39 is 6.67 Å². The van der Waals surface area contributed by atoms with Crippen molar-refractivity contribution in [2.75, 3.05) is 13.2 Å². The van der Waals surface area contributed by atoms with Crippen molar-refractivity contribution >= 4 is 23.2 Å². The molecule has 0 saturated carbocycles. The molecule has 3 nitrogen and oxygen atoms in total. The Morgan fingerprint density at radius 2 is 2.00 bits per heavy atom. The van der Waals surface area contributed by atoms with E-state index in [4.69, 9.17) is 11.6 Å². The molecule has 0 aliphatic carbocycles. The third-order valence-corrected chi connectivity index (χ3v) is 2.96. The molecule has 0 N–H and O–H groups in total. The molecule has 0 radical (unpaired) electrons. The lowest BCUT2D eigenvalue weighted by molar-refractivity contribution is -0.131. The van der Waals surface area contributed by atoms with Crippen LogP contribution < -0.4 is 0 Å². The van der Waals surface area contributed by atoms with Crippen LogP contribution in [0.2, 0.25) is 5.02 Å². The molecular weight excluding hydrogens is 267 g/mol. The number of carbonyl (C=O) groups excluding carboxylic acids is 1. The molecule has 5 heteroatoms. The zero-order chi connectivity index (χ0) is 13.7. The van der Waals surface area contributed by atoms with Gasteiger partial charge in [-0.3, -0.25) is 4.79 Å². The summed E-state index contributed by atoms with van der Waals surface area (Å²) in [6, 6.07) is 7.29. The van der Waals surface area contributed by atoms with Gasteiger partial charge in [0, 0.05) is 17.9 Å². The quantitative estimate of drug-likeness (QED) is 0.766. The molecule has 0 atom stereocenters. The van der Waals surface area contributed by atoms with Crippen molar-refractivity contribution < 1.29 is 9.18 Å². The summed E-state index contributed by atoms with van der Waals surface area (Å²) in [5.41, 5.74) is 1.75. The van der Waals surface area contributed by atoms with Crippen LogP contribution in [0.3, 0.4) is 0 Å². The maximum atomic E-state index is 11.9. The summed E-state index contributed by atoms with van der Waals surface area (Å²) in [4.78, 5) is 11.7. The van der Waals surface area contributed by atoms with Crippen molar-refractivity contribution in [2.24, 2.45) is 5.10 Å². The van der Waals surface area contributed by atoms with E-state index in [1.807, 2.05) is 12.1 Å². The Labute approximate surface area is 116 Å². The van der Waals surface area contributed by atoms with Gasteiger partial charge in [-0.05, 0) is 17.7 Å². The van der Waals surface area contributed by atoms with Gasteiger partial charge in [-0.1, -0.05) is 35.6 Å². The molecule has 0 fully saturated rings. The van der Waals surface area contributed by atoms with Crippen LogP contribution in [0.5, 0.6) is 0 Å². The third-order valence-electron chi connectivity index (χ3n) is 2.70. The second-order valence-electron chi connectivity index (χ2n) is 3.99. The van der Waals surface area contributed by atoms with Crippen molar-refractivity contribution in [1.29, 1.82) is 0 Å². The molecule has 19 heavy (non-hydrogen) atoms. The fourth-order valence-corrected chi connectivity index (χ4v) is 1.88. The van der Waals surface area contributed by atoms with Gasteiger partial charge >= 0.3 is 0 Å². The lowest BCUT2D eigenvalue weighted by atomic mass is 10.0. The molecule has 1 aromatic rings. The van der Waals surface area contributed by atoms with E-state index in [0.717, 1.165) is 11.3 Å². The topological polar surface area (TPSA) is 32.7 Å².